The van der Waals surface area contributed by atoms with Crippen molar-refractivity contribution in [1.82, 2.24) is 0 Å². The molecule has 0 aliphatic carbocycles. The molecule has 1 aromatic carbocycles. The molecule has 0 amide bonds. The van der Waals surface area contributed by atoms with Crippen molar-refractivity contribution < 1.29 is 14.3 Å². The second-order valence-electron chi connectivity index (χ2n) is 2.34. The molecular weight excluding hydrogens is 283 g/mol. The first-order valence-electron chi connectivity index (χ1n) is 3.61. The fourth-order valence-electron chi connectivity index (χ4n) is 0.898. The first-order valence-corrected chi connectivity index (χ1v) is 4.68. The Morgan fingerprint density at radius 3 is 2.62 bits per heavy atom. The Morgan fingerprint density at radius 1 is 1.38 bits per heavy atom. The third-order valence-corrected chi connectivity index (χ3v) is 2.52. The summed E-state index contributed by atoms with van der Waals surface area (Å²) in [5, 5.41) is 0. The Labute approximate surface area is 90.2 Å². The number of benzene rings is 1. The highest BCUT2D eigenvalue weighted by molar-refractivity contribution is 14.1. The van der Waals surface area contributed by atoms with Gasteiger partial charge in [0, 0.05) is 3.57 Å². The summed E-state index contributed by atoms with van der Waals surface area (Å²) in [4.78, 5) is 11.2. The molecule has 4 heteroatoms. The lowest BCUT2D eigenvalue weighted by atomic mass is 10.2. The van der Waals surface area contributed by atoms with Crippen LogP contribution in [0.25, 0.3) is 0 Å². The van der Waals surface area contributed by atoms with Crippen molar-refractivity contribution in [3.63, 3.8) is 0 Å². The number of carbonyl (C=O) groups is 1. The second-order valence-corrected chi connectivity index (χ2v) is 3.50. The molecule has 0 heterocycles. The summed E-state index contributed by atoms with van der Waals surface area (Å²) in [7, 11) is 2.92. The predicted octanol–water partition coefficient (Wildman–Crippen LogP) is 2.09. The fraction of sp³-hybridized carbons (Fsp3) is 0.222. The van der Waals surface area contributed by atoms with Crippen LogP contribution in [0.2, 0.25) is 0 Å². The van der Waals surface area contributed by atoms with Gasteiger partial charge < -0.3 is 9.47 Å². The first kappa shape index (κ1) is 10.3. The summed E-state index contributed by atoms with van der Waals surface area (Å²) >= 11 is 2.08. The molecule has 0 unspecified atom stereocenters. The molecule has 1 aromatic rings. The highest BCUT2D eigenvalue weighted by atomic mass is 127. The summed E-state index contributed by atoms with van der Waals surface area (Å²) in [6, 6.07) is 5.27. The molecule has 0 fully saturated rings. The lowest BCUT2D eigenvalue weighted by Crippen LogP contribution is -2.03. The molecule has 0 atom stereocenters. The monoisotopic (exact) mass is 292 g/mol. The van der Waals surface area contributed by atoms with Crippen molar-refractivity contribution in [3.05, 3.63) is 27.3 Å². The Bertz CT molecular complexity index is 323. The standard InChI is InChI=1S/C9H9IO3/c1-12-6-3-4-8(10)7(5-6)9(11)13-2/h3-5H,1-2H3. The quantitative estimate of drug-likeness (QED) is 0.618. The second kappa shape index (κ2) is 4.45. The molecule has 0 aliphatic rings. The topological polar surface area (TPSA) is 35.5 Å². The van der Waals surface area contributed by atoms with Gasteiger partial charge in [-0.15, -0.1) is 0 Å². The number of hydrogen-bond donors (Lipinski definition) is 0. The highest BCUT2D eigenvalue weighted by Crippen LogP contribution is 2.19. The lowest BCUT2D eigenvalue weighted by molar-refractivity contribution is 0.0599. The molecule has 3 nitrogen and oxygen atoms in total. The van der Waals surface area contributed by atoms with Crippen LogP contribution in [0.3, 0.4) is 0 Å². The molecule has 0 N–H and O–H groups in total. The van der Waals surface area contributed by atoms with Crippen molar-refractivity contribution in [2.24, 2.45) is 0 Å². The van der Waals surface area contributed by atoms with Gasteiger partial charge in [-0.2, -0.15) is 0 Å². The summed E-state index contributed by atoms with van der Waals surface area (Å²) in [5.74, 6) is 0.309. The van der Waals surface area contributed by atoms with E-state index in [1.165, 1.54) is 7.11 Å². The van der Waals surface area contributed by atoms with E-state index >= 15 is 0 Å². The zero-order chi connectivity index (χ0) is 9.84. The summed E-state index contributed by atoms with van der Waals surface area (Å²) in [5.41, 5.74) is 0.530. The largest absolute Gasteiger partial charge is 0.497 e. The van der Waals surface area contributed by atoms with Gasteiger partial charge in [0.25, 0.3) is 0 Å². The summed E-state index contributed by atoms with van der Waals surface area (Å²) < 4.78 is 10.5. The number of hydrogen-bond acceptors (Lipinski definition) is 3. The van der Waals surface area contributed by atoms with E-state index in [0.717, 1.165) is 3.57 Å². The van der Waals surface area contributed by atoms with E-state index in [2.05, 4.69) is 27.3 Å². The third-order valence-electron chi connectivity index (χ3n) is 1.58. The van der Waals surface area contributed by atoms with Crippen LogP contribution < -0.4 is 4.74 Å². The van der Waals surface area contributed by atoms with Crippen molar-refractivity contribution in [3.8, 4) is 5.75 Å². The molecule has 0 aliphatic heterocycles. The Kier molecular flexibility index (Phi) is 3.53. The molecule has 0 spiro atoms. The van der Waals surface area contributed by atoms with Crippen LogP contribution in [0.5, 0.6) is 5.75 Å². The van der Waals surface area contributed by atoms with Gasteiger partial charge in [0.15, 0.2) is 0 Å². The van der Waals surface area contributed by atoms with Crippen LogP contribution in [0.4, 0.5) is 0 Å². The predicted molar refractivity (Wildman–Crippen MR) is 57.1 cm³/mol. The van der Waals surface area contributed by atoms with E-state index in [1.54, 1.807) is 19.2 Å². The molecule has 70 valence electrons. The van der Waals surface area contributed by atoms with E-state index < -0.39 is 0 Å². The molecule has 13 heavy (non-hydrogen) atoms. The molecular formula is C9H9IO3. The van der Waals surface area contributed by atoms with Gasteiger partial charge in [-0.05, 0) is 40.8 Å². The molecule has 1 rings (SSSR count). The summed E-state index contributed by atoms with van der Waals surface area (Å²) in [6.45, 7) is 0. The Hall–Kier alpha value is -0.780. The van der Waals surface area contributed by atoms with Crippen molar-refractivity contribution in [2.75, 3.05) is 14.2 Å². The van der Waals surface area contributed by atoms with E-state index in [1.807, 2.05) is 6.07 Å². The number of halogens is 1. The fourth-order valence-corrected chi connectivity index (χ4v) is 1.45. The van der Waals surface area contributed by atoms with Crippen LogP contribution in [0, 0.1) is 3.57 Å². The van der Waals surface area contributed by atoms with Crippen molar-refractivity contribution in [2.45, 2.75) is 0 Å². The van der Waals surface area contributed by atoms with Gasteiger partial charge in [0.2, 0.25) is 0 Å². The third kappa shape index (κ3) is 2.33. The SMILES string of the molecule is COC(=O)c1cc(OC)ccc1I. The zero-order valence-electron chi connectivity index (χ0n) is 7.33. The average molecular weight is 292 g/mol. The van der Waals surface area contributed by atoms with Crippen molar-refractivity contribution in [1.29, 1.82) is 0 Å². The van der Waals surface area contributed by atoms with Gasteiger partial charge in [0.05, 0.1) is 19.8 Å². The maximum Gasteiger partial charge on any atom is 0.339 e. The molecule has 0 saturated heterocycles. The summed E-state index contributed by atoms with van der Waals surface area (Å²) in [6.07, 6.45) is 0. The normalized spacial score (nSPS) is 9.46. The Balaban J connectivity index is 3.11. The maximum absolute atomic E-state index is 11.2. The van der Waals surface area contributed by atoms with Gasteiger partial charge >= 0.3 is 5.97 Å². The van der Waals surface area contributed by atoms with Gasteiger partial charge in [-0.25, -0.2) is 4.79 Å². The zero-order valence-corrected chi connectivity index (χ0v) is 9.49. The van der Waals surface area contributed by atoms with E-state index in [4.69, 9.17) is 4.74 Å². The number of esters is 1. The first-order chi connectivity index (χ1) is 6.19. The molecule has 0 bridgehead atoms. The van der Waals surface area contributed by atoms with Crippen molar-refractivity contribution >= 4 is 28.6 Å². The van der Waals surface area contributed by atoms with Crippen LogP contribution in [0.15, 0.2) is 18.2 Å². The highest BCUT2D eigenvalue weighted by Gasteiger charge is 2.10. The minimum atomic E-state index is -0.344. The van der Waals surface area contributed by atoms with Crippen LogP contribution in [0.1, 0.15) is 10.4 Å². The van der Waals surface area contributed by atoms with E-state index in [-0.39, 0.29) is 5.97 Å². The van der Waals surface area contributed by atoms with Crippen LogP contribution in [-0.2, 0) is 4.74 Å². The van der Waals surface area contributed by atoms with Gasteiger partial charge in [0.1, 0.15) is 5.75 Å². The molecule has 0 aromatic heterocycles. The Morgan fingerprint density at radius 2 is 2.08 bits per heavy atom. The van der Waals surface area contributed by atoms with Gasteiger partial charge in [-0.1, -0.05) is 0 Å². The average Bonchev–Trinajstić information content (AvgIpc) is 2.17. The molecule has 0 radical (unpaired) electrons. The molecule has 0 saturated carbocycles. The van der Waals surface area contributed by atoms with Crippen LogP contribution in [-0.4, -0.2) is 20.2 Å². The smallest absolute Gasteiger partial charge is 0.339 e. The lowest BCUT2D eigenvalue weighted by Gasteiger charge is -2.04. The number of methoxy groups -OCH3 is 2. The minimum Gasteiger partial charge on any atom is -0.497 e. The number of ether oxygens (including phenoxy) is 2. The van der Waals surface area contributed by atoms with E-state index in [9.17, 15) is 4.79 Å². The number of rotatable bonds is 2. The minimum absolute atomic E-state index is 0.344. The van der Waals surface area contributed by atoms with Gasteiger partial charge in [-0.3, -0.25) is 0 Å². The van der Waals surface area contributed by atoms with E-state index in [0.29, 0.717) is 11.3 Å². The number of carbonyl (C=O) groups excluding carboxylic acids is 1. The van der Waals surface area contributed by atoms with Crippen LogP contribution >= 0.6 is 22.6 Å². The maximum atomic E-state index is 11.2.